The summed E-state index contributed by atoms with van der Waals surface area (Å²) in [6.45, 7) is 0.354. The fourth-order valence-corrected chi connectivity index (χ4v) is 5.47. The summed E-state index contributed by atoms with van der Waals surface area (Å²) in [5.74, 6) is -0.148. The number of amides is 6. The molecule has 0 saturated carbocycles. The van der Waals surface area contributed by atoms with Crippen molar-refractivity contribution in [3.05, 3.63) is 12.2 Å². The summed E-state index contributed by atoms with van der Waals surface area (Å²) in [6.07, 6.45) is 7.62. The van der Waals surface area contributed by atoms with Gasteiger partial charge in [0.25, 0.3) is 11.8 Å². The van der Waals surface area contributed by atoms with Gasteiger partial charge in [0.2, 0.25) is 11.8 Å². The van der Waals surface area contributed by atoms with E-state index < -0.39 is 0 Å². The third-order valence-electron chi connectivity index (χ3n) is 5.61. The van der Waals surface area contributed by atoms with E-state index in [0.29, 0.717) is 37.5 Å². The number of hydrogen-bond donors (Lipinski definition) is 4. The second-order valence-electron chi connectivity index (χ2n) is 7.94. The van der Waals surface area contributed by atoms with E-state index in [1.807, 2.05) is 11.8 Å². The number of hydrogen-bond acceptors (Lipinski definition) is 6. The number of carbonyl (C=O) groups excluding carboxylic acids is 5. The van der Waals surface area contributed by atoms with Crippen molar-refractivity contribution in [2.24, 2.45) is 0 Å². The minimum atomic E-state index is -0.293. The minimum Gasteiger partial charge on any atom is -0.332 e. The van der Waals surface area contributed by atoms with Gasteiger partial charge in [-0.05, 0) is 25.7 Å². The largest absolute Gasteiger partial charge is 0.332 e. The molecular weight excluding hydrogens is 422 g/mol. The molecule has 2 fully saturated rings. The van der Waals surface area contributed by atoms with Crippen molar-refractivity contribution in [1.29, 1.82) is 0 Å². The standard InChI is InChI=1S/C20H29N5O5S/c26-15(7-2-1-5-11-25-17(28)9-10-18(25)29)23-24-16(27)8-4-3-6-14-19-13(12-31-14)21-20(30)22-19/h9-10,13-14,19H,1-8,11-12H2,(H,23,26)(H,24,27)(H2,21,22,30)/t13-,14-,19+/m0/s1. The number of carbonyl (C=O) groups is 5. The molecule has 3 aliphatic rings. The monoisotopic (exact) mass is 451 g/mol. The van der Waals surface area contributed by atoms with Crippen LogP contribution in [0, 0.1) is 0 Å². The van der Waals surface area contributed by atoms with Crippen molar-refractivity contribution in [1.82, 2.24) is 26.4 Å². The van der Waals surface area contributed by atoms with Gasteiger partial charge in [-0.2, -0.15) is 11.8 Å². The molecule has 11 heteroatoms. The highest BCUT2D eigenvalue weighted by Crippen LogP contribution is 2.33. The first-order chi connectivity index (χ1) is 14.9. The van der Waals surface area contributed by atoms with Gasteiger partial charge in [0.15, 0.2) is 0 Å². The number of hydrazine groups is 1. The maximum absolute atomic E-state index is 11.9. The highest BCUT2D eigenvalue weighted by molar-refractivity contribution is 8.00. The Balaban J connectivity index is 1.16. The summed E-state index contributed by atoms with van der Waals surface area (Å²) < 4.78 is 0. The van der Waals surface area contributed by atoms with E-state index in [1.165, 1.54) is 17.1 Å². The molecule has 0 aromatic carbocycles. The van der Waals surface area contributed by atoms with Gasteiger partial charge in [0.05, 0.1) is 12.1 Å². The molecule has 0 radical (unpaired) electrons. The molecule has 0 bridgehead atoms. The van der Waals surface area contributed by atoms with Crippen LogP contribution in [0.5, 0.6) is 0 Å². The zero-order chi connectivity index (χ0) is 22.2. The highest BCUT2D eigenvalue weighted by atomic mass is 32.2. The quantitative estimate of drug-likeness (QED) is 0.155. The van der Waals surface area contributed by atoms with Gasteiger partial charge >= 0.3 is 6.03 Å². The van der Waals surface area contributed by atoms with Crippen molar-refractivity contribution < 1.29 is 24.0 Å². The molecule has 31 heavy (non-hydrogen) atoms. The highest BCUT2D eigenvalue weighted by Gasteiger charge is 2.42. The molecule has 0 aliphatic carbocycles. The average molecular weight is 452 g/mol. The zero-order valence-corrected chi connectivity index (χ0v) is 18.2. The number of thioether (sulfide) groups is 1. The van der Waals surface area contributed by atoms with Gasteiger partial charge in [-0.1, -0.05) is 12.8 Å². The van der Waals surface area contributed by atoms with Crippen LogP contribution in [0.4, 0.5) is 4.79 Å². The minimum absolute atomic E-state index is 0.0930. The van der Waals surface area contributed by atoms with Crippen LogP contribution in [-0.4, -0.2) is 64.2 Å². The number of nitrogens with one attached hydrogen (secondary N) is 4. The molecule has 0 unspecified atom stereocenters. The van der Waals surface area contributed by atoms with Crippen LogP contribution >= 0.6 is 11.8 Å². The van der Waals surface area contributed by atoms with E-state index >= 15 is 0 Å². The number of urea groups is 1. The van der Waals surface area contributed by atoms with E-state index in [-0.39, 0.29) is 48.2 Å². The maximum atomic E-state index is 11.9. The van der Waals surface area contributed by atoms with Gasteiger partial charge in [0.1, 0.15) is 0 Å². The van der Waals surface area contributed by atoms with Crippen LogP contribution in [0.1, 0.15) is 51.4 Å². The number of fused-ring (bicyclic) bond motifs is 1. The van der Waals surface area contributed by atoms with Gasteiger partial charge in [-0.3, -0.25) is 34.9 Å². The molecule has 2 saturated heterocycles. The third kappa shape index (κ3) is 6.71. The van der Waals surface area contributed by atoms with Gasteiger partial charge in [0, 0.05) is 42.5 Å². The summed E-state index contributed by atoms with van der Waals surface area (Å²) in [5, 5.41) is 6.25. The summed E-state index contributed by atoms with van der Waals surface area (Å²) >= 11 is 1.85. The number of imide groups is 1. The molecule has 4 N–H and O–H groups in total. The molecule has 170 valence electrons. The Bertz CT molecular complexity index is 740. The molecule has 10 nitrogen and oxygen atoms in total. The van der Waals surface area contributed by atoms with Crippen LogP contribution in [0.2, 0.25) is 0 Å². The molecular formula is C20H29N5O5S. The summed E-state index contributed by atoms with van der Waals surface area (Å²) in [4.78, 5) is 59.1. The Kier molecular flexibility index (Phi) is 8.33. The Hall–Kier alpha value is -2.56. The normalized spacial score (nSPS) is 24.2. The maximum Gasteiger partial charge on any atom is 0.315 e. The summed E-state index contributed by atoms with van der Waals surface area (Å²) in [7, 11) is 0. The van der Waals surface area contributed by atoms with Gasteiger partial charge in [-0.15, -0.1) is 0 Å². The fraction of sp³-hybridized carbons (Fsp3) is 0.650. The van der Waals surface area contributed by atoms with Crippen LogP contribution in [0.3, 0.4) is 0 Å². The fourth-order valence-electron chi connectivity index (χ4n) is 3.92. The first kappa shape index (κ1) is 23.1. The Morgan fingerprint density at radius 2 is 1.58 bits per heavy atom. The van der Waals surface area contributed by atoms with Crippen LogP contribution in [0.15, 0.2) is 12.2 Å². The van der Waals surface area contributed by atoms with Gasteiger partial charge < -0.3 is 10.6 Å². The van der Waals surface area contributed by atoms with E-state index in [4.69, 9.17) is 0 Å². The topological polar surface area (TPSA) is 137 Å². The lowest BCUT2D eigenvalue weighted by Crippen LogP contribution is -2.41. The van der Waals surface area contributed by atoms with E-state index in [0.717, 1.165) is 25.0 Å². The first-order valence-corrected chi connectivity index (χ1v) is 11.8. The van der Waals surface area contributed by atoms with E-state index in [2.05, 4.69) is 21.5 Å². The molecule has 3 heterocycles. The Morgan fingerprint density at radius 3 is 2.26 bits per heavy atom. The van der Waals surface area contributed by atoms with Crippen LogP contribution in [0.25, 0.3) is 0 Å². The second-order valence-corrected chi connectivity index (χ2v) is 9.21. The van der Waals surface area contributed by atoms with E-state index in [9.17, 15) is 24.0 Å². The molecule has 0 spiro atoms. The first-order valence-electron chi connectivity index (χ1n) is 10.7. The predicted octanol–water partition coefficient (Wildman–Crippen LogP) is 0.345. The lowest BCUT2D eigenvalue weighted by Gasteiger charge is -2.16. The lowest BCUT2D eigenvalue weighted by atomic mass is 10.0. The number of rotatable bonds is 11. The van der Waals surface area contributed by atoms with Crippen molar-refractivity contribution in [2.45, 2.75) is 68.7 Å². The molecule has 3 atom stereocenters. The Labute approximate surface area is 185 Å². The SMILES string of the molecule is O=C(CCCCCN1C(=O)C=CC1=O)NNC(=O)CCCC[C@@H]1SC[C@@H]2NC(=O)N[C@H]21. The average Bonchev–Trinajstić information content (AvgIpc) is 3.39. The zero-order valence-electron chi connectivity index (χ0n) is 17.4. The number of nitrogens with zero attached hydrogens (tertiary/aromatic N) is 1. The Morgan fingerprint density at radius 1 is 0.935 bits per heavy atom. The molecule has 3 rings (SSSR count). The molecule has 3 aliphatic heterocycles. The van der Waals surface area contributed by atoms with Crippen LogP contribution in [-0.2, 0) is 19.2 Å². The third-order valence-corrected chi connectivity index (χ3v) is 7.12. The predicted molar refractivity (Wildman–Crippen MR) is 115 cm³/mol. The second kappa shape index (κ2) is 11.2. The lowest BCUT2D eigenvalue weighted by molar-refractivity contribution is -0.137. The van der Waals surface area contributed by atoms with Gasteiger partial charge in [-0.25, -0.2) is 4.79 Å². The van der Waals surface area contributed by atoms with E-state index in [1.54, 1.807) is 0 Å². The smallest absolute Gasteiger partial charge is 0.315 e. The van der Waals surface area contributed by atoms with Crippen LogP contribution < -0.4 is 21.5 Å². The summed E-state index contributed by atoms with van der Waals surface area (Å²) in [5.41, 5.74) is 4.85. The van der Waals surface area contributed by atoms with Crippen molar-refractivity contribution in [3.8, 4) is 0 Å². The molecule has 6 amide bonds. The molecule has 0 aromatic heterocycles. The number of unbranched alkanes of at least 4 members (excludes halogenated alkanes) is 3. The van der Waals surface area contributed by atoms with Crippen molar-refractivity contribution in [2.75, 3.05) is 12.3 Å². The van der Waals surface area contributed by atoms with Crippen molar-refractivity contribution >= 4 is 41.4 Å². The van der Waals surface area contributed by atoms with Crippen molar-refractivity contribution in [3.63, 3.8) is 0 Å². The summed E-state index contributed by atoms with van der Waals surface area (Å²) in [6, 6.07) is 0.298. The molecule has 0 aromatic rings.